The molecule has 0 radical (unpaired) electrons. The zero-order chi connectivity index (χ0) is 25.0. The van der Waals surface area contributed by atoms with E-state index in [0.717, 1.165) is 0 Å². The molecule has 3 rings (SSSR count). The third kappa shape index (κ3) is 5.45. The fraction of sp³-hybridized carbons (Fsp3) is 0.409. The third-order valence-electron chi connectivity index (χ3n) is 5.71. The summed E-state index contributed by atoms with van der Waals surface area (Å²) in [7, 11) is 1.31. The molecule has 182 valence electrons. The number of thiophene rings is 1. The van der Waals surface area contributed by atoms with Crippen LogP contribution in [0.5, 0.6) is 0 Å². The Bertz CT molecular complexity index is 1080. The number of carbonyl (C=O) groups is 3. The van der Waals surface area contributed by atoms with Crippen molar-refractivity contribution in [2.24, 2.45) is 0 Å². The molecule has 3 atom stereocenters. The second-order valence-corrected chi connectivity index (χ2v) is 9.05. The summed E-state index contributed by atoms with van der Waals surface area (Å²) in [5.41, 5.74) is 0.145. The van der Waals surface area contributed by atoms with Gasteiger partial charge < -0.3 is 25.0 Å². The minimum atomic E-state index is -1.07. The molecule has 1 aromatic heterocycles. The SMILES string of the molecule is COC(=O)N1CC(C)N(c2ccc(C(=O)NC(CC(=O)O)c3cccs3)cc2[N+](=O)[O-])CC1C. The van der Waals surface area contributed by atoms with Crippen molar-refractivity contribution in [3.63, 3.8) is 0 Å². The Kier molecular flexibility index (Phi) is 7.72. The van der Waals surface area contributed by atoms with Gasteiger partial charge in [0.15, 0.2) is 0 Å². The van der Waals surface area contributed by atoms with Gasteiger partial charge in [-0.15, -0.1) is 11.3 Å². The van der Waals surface area contributed by atoms with E-state index in [1.165, 1.54) is 36.6 Å². The van der Waals surface area contributed by atoms with Gasteiger partial charge in [-0.2, -0.15) is 0 Å². The summed E-state index contributed by atoms with van der Waals surface area (Å²) in [6.07, 6.45) is -0.770. The number of aliphatic carboxylic acids is 1. The number of hydrogen-bond acceptors (Lipinski definition) is 8. The van der Waals surface area contributed by atoms with Gasteiger partial charge in [-0.1, -0.05) is 6.07 Å². The van der Waals surface area contributed by atoms with Crippen LogP contribution in [-0.4, -0.2) is 65.2 Å². The number of anilines is 1. The molecule has 2 heterocycles. The van der Waals surface area contributed by atoms with Crippen LogP contribution in [0.1, 0.15) is 41.5 Å². The van der Waals surface area contributed by atoms with Gasteiger partial charge in [-0.3, -0.25) is 19.7 Å². The molecular formula is C22H26N4O7S. The summed E-state index contributed by atoms with van der Waals surface area (Å²) in [5.74, 6) is -1.68. The predicted octanol–water partition coefficient (Wildman–Crippen LogP) is 3.27. The standard InChI is InChI=1S/C22H26N4O7S/c1-13-12-25(22(30)33-3)14(2)11-24(13)17-7-6-15(9-18(17)26(31)32)21(29)23-16(10-20(27)28)19-5-4-8-34-19/h4-9,13-14,16H,10-12H2,1-3H3,(H,23,29)(H,27,28). The molecule has 0 spiro atoms. The first kappa shape index (κ1) is 25.0. The van der Waals surface area contributed by atoms with Crippen molar-refractivity contribution < 1.29 is 29.2 Å². The molecular weight excluding hydrogens is 464 g/mol. The number of benzene rings is 1. The zero-order valence-electron chi connectivity index (χ0n) is 19.0. The fourth-order valence-electron chi connectivity index (χ4n) is 4.02. The van der Waals surface area contributed by atoms with Gasteiger partial charge in [-0.25, -0.2) is 4.79 Å². The number of carboxylic acids is 1. The maximum absolute atomic E-state index is 12.9. The van der Waals surface area contributed by atoms with Crippen molar-refractivity contribution in [3.05, 3.63) is 56.3 Å². The Morgan fingerprint density at radius 3 is 2.59 bits per heavy atom. The van der Waals surface area contributed by atoms with Crippen molar-refractivity contribution in [2.45, 2.75) is 38.4 Å². The largest absolute Gasteiger partial charge is 0.481 e. The monoisotopic (exact) mass is 490 g/mol. The molecule has 1 saturated heterocycles. The first-order chi connectivity index (χ1) is 16.1. The van der Waals surface area contributed by atoms with Crippen LogP contribution in [0.3, 0.4) is 0 Å². The van der Waals surface area contributed by atoms with Gasteiger partial charge in [0.1, 0.15) is 5.69 Å². The summed E-state index contributed by atoms with van der Waals surface area (Å²) >= 11 is 1.31. The normalized spacial score (nSPS) is 18.8. The van der Waals surface area contributed by atoms with E-state index in [9.17, 15) is 29.6 Å². The molecule has 2 aromatic rings. The molecule has 1 aliphatic rings. The van der Waals surface area contributed by atoms with Gasteiger partial charge >= 0.3 is 12.1 Å². The number of piperazine rings is 1. The lowest BCUT2D eigenvalue weighted by molar-refractivity contribution is -0.384. The van der Waals surface area contributed by atoms with Crippen molar-refractivity contribution in [1.29, 1.82) is 0 Å². The molecule has 2 amide bonds. The number of ether oxygens (including phenoxy) is 1. The van der Waals surface area contributed by atoms with E-state index in [1.54, 1.807) is 22.4 Å². The van der Waals surface area contributed by atoms with Crippen LogP contribution in [0.2, 0.25) is 0 Å². The first-order valence-corrected chi connectivity index (χ1v) is 11.5. The number of methoxy groups -OCH3 is 1. The number of carbonyl (C=O) groups excluding carboxylic acids is 2. The third-order valence-corrected chi connectivity index (χ3v) is 6.70. The molecule has 0 saturated carbocycles. The van der Waals surface area contributed by atoms with E-state index in [2.05, 4.69) is 5.32 Å². The number of carboxylic acid groups (broad SMARTS) is 1. The van der Waals surface area contributed by atoms with Crippen LogP contribution < -0.4 is 10.2 Å². The lowest BCUT2D eigenvalue weighted by Crippen LogP contribution is -2.58. The van der Waals surface area contributed by atoms with Crippen molar-refractivity contribution in [1.82, 2.24) is 10.2 Å². The highest BCUT2D eigenvalue weighted by Crippen LogP contribution is 2.33. The number of amides is 2. The number of rotatable bonds is 7. The average Bonchev–Trinajstić information content (AvgIpc) is 3.33. The quantitative estimate of drug-likeness (QED) is 0.445. The summed E-state index contributed by atoms with van der Waals surface area (Å²) in [4.78, 5) is 51.5. The predicted molar refractivity (Wildman–Crippen MR) is 125 cm³/mol. The Balaban J connectivity index is 1.85. The average molecular weight is 491 g/mol. The van der Waals surface area contributed by atoms with Crippen LogP contribution in [0.15, 0.2) is 35.7 Å². The van der Waals surface area contributed by atoms with Crippen molar-refractivity contribution in [2.75, 3.05) is 25.1 Å². The Hall–Kier alpha value is -3.67. The van der Waals surface area contributed by atoms with E-state index in [4.69, 9.17) is 4.74 Å². The summed E-state index contributed by atoms with van der Waals surface area (Å²) < 4.78 is 4.82. The van der Waals surface area contributed by atoms with E-state index in [1.807, 2.05) is 18.7 Å². The minimum Gasteiger partial charge on any atom is -0.481 e. The molecule has 1 aromatic carbocycles. The van der Waals surface area contributed by atoms with Crippen molar-refractivity contribution >= 4 is 40.7 Å². The van der Waals surface area contributed by atoms with Crippen LogP contribution in [0.4, 0.5) is 16.2 Å². The lowest BCUT2D eigenvalue weighted by atomic mass is 10.0. The van der Waals surface area contributed by atoms with Gasteiger partial charge in [-0.05, 0) is 37.4 Å². The van der Waals surface area contributed by atoms with E-state index in [-0.39, 0.29) is 29.8 Å². The van der Waals surface area contributed by atoms with Gasteiger partial charge in [0.25, 0.3) is 11.6 Å². The van der Waals surface area contributed by atoms with E-state index >= 15 is 0 Å². The second-order valence-electron chi connectivity index (χ2n) is 8.07. The molecule has 34 heavy (non-hydrogen) atoms. The number of nitrogens with zero attached hydrogens (tertiary/aromatic N) is 3. The Morgan fingerprint density at radius 1 is 1.26 bits per heavy atom. The topological polar surface area (TPSA) is 142 Å². The molecule has 2 N–H and O–H groups in total. The highest BCUT2D eigenvalue weighted by atomic mass is 32.1. The molecule has 12 heteroatoms. The number of nitro groups is 1. The molecule has 0 aliphatic carbocycles. The molecule has 3 unspecified atom stereocenters. The number of hydrogen-bond donors (Lipinski definition) is 2. The molecule has 11 nitrogen and oxygen atoms in total. The maximum Gasteiger partial charge on any atom is 0.409 e. The molecule has 0 bridgehead atoms. The van der Waals surface area contributed by atoms with E-state index < -0.39 is 28.9 Å². The Morgan fingerprint density at radius 2 is 2.00 bits per heavy atom. The van der Waals surface area contributed by atoms with Gasteiger partial charge in [0, 0.05) is 41.7 Å². The lowest BCUT2D eigenvalue weighted by Gasteiger charge is -2.44. The maximum atomic E-state index is 12.9. The number of nitrogens with one attached hydrogen (secondary N) is 1. The van der Waals surface area contributed by atoms with Crippen LogP contribution in [0.25, 0.3) is 0 Å². The van der Waals surface area contributed by atoms with E-state index in [0.29, 0.717) is 23.7 Å². The highest BCUT2D eigenvalue weighted by Gasteiger charge is 2.35. The summed E-state index contributed by atoms with van der Waals surface area (Å²) in [6, 6.07) is 6.44. The first-order valence-electron chi connectivity index (χ1n) is 10.6. The zero-order valence-corrected chi connectivity index (χ0v) is 19.8. The fourth-order valence-corrected chi connectivity index (χ4v) is 4.79. The summed E-state index contributed by atoms with van der Waals surface area (Å²) in [5, 5.41) is 25.5. The van der Waals surface area contributed by atoms with Gasteiger partial charge in [0.05, 0.1) is 24.5 Å². The van der Waals surface area contributed by atoms with Crippen LogP contribution in [0, 0.1) is 10.1 Å². The highest BCUT2D eigenvalue weighted by molar-refractivity contribution is 7.10. The van der Waals surface area contributed by atoms with Gasteiger partial charge in [0.2, 0.25) is 0 Å². The molecule has 1 fully saturated rings. The van der Waals surface area contributed by atoms with Crippen LogP contribution >= 0.6 is 11.3 Å². The van der Waals surface area contributed by atoms with Crippen LogP contribution in [-0.2, 0) is 9.53 Å². The number of nitro benzene ring substituents is 1. The summed E-state index contributed by atoms with van der Waals surface area (Å²) in [6.45, 7) is 4.35. The van der Waals surface area contributed by atoms with Crippen molar-refractivity contribution in [3.8, 4) is 0 Å². The second kappa shape index (κ2) is 10.5. The smallest absolute Gasteiger partial charge is 0.409 e. The Labute approximate surface area is 200 Å². The molecule has 1 aliphatic heterocycles. The minimum absolute atomic E-state index is 0.0521.